The van der Waals surface area contributed by atoms with Gasteiger partial charge in [-0.05, 0) is 42.5 Å². The Morgan fingerprint density at radius 3 is 2.70 bits per heavy atom. The van der Waals surface area contributed by atoms with Crippen LogP contribution in [0, 0.1) is 0 Å². The van der Waals surface area contributed by atoms with Crippen molar-refractivity contribution in [2.45, 2.75) is 6.54 Å². The first-order chi connectivity index (χ1) is 11.2. The molecular weight excluding hydrogens is 318 g/mol. The zero-order valence-corrected chi connectivity index (χ0v) is 12.9. The normalized spacial score (nSPS) is 10.5. The third-order valence-electron chi connectivity index (χ3n) is 3.11. The van der Waals surface area contributed by atoms with E-state index >= 15 is 0 Å². The molecule has 2 heterocycles. The second-order valence-electron chi connectivity index (χ2n) is 4.80. The first-order valence-corrected chi connectivity index (χ1v) is 7.35. The van der Waals surface area contributed by atoms with E-state index in [9.17, 15) is 4.79 Å². The molecule has 0 radical (unpaired) electrons. The van der Waals surface area contributed by atoms with E-state index in [-0.39, 0.29) is 12.5 Å². The van der Waals surface area contributed by atoms with Crippen molar-refractivity contribution < 1.29 is 18.4 Å². The number of benzene rings is 1. The molecule has 1 aromatic carbocycles. The molecule has 1 N–H and O–H groups in total. The molecule has 6 heteroatoms. The second kappa shape index (κ2) is 7.07. The zero-order chi connectivity index (χ0) is 16.1. The maximum absolute atomic E-state index is 11.8. The lowest BCUT2D eigenvalue weighted by molar-refractivity contribution is -0.123. The number of carbonyl (C=O) groups excluding carboxylic acids is 1. The molecule has 0 spiro atoms. The Kier molecular flexibility index (Phi) is 4.68. The number of nitrogens with one attached hydrogen (secondary N) is 1. The van der Waals surface area contributed by atoms with Crippen molar-refractivity contribution in [2.75, 3.05) is 6.61 Å². The molecule has 1 amide bonds. The molecule has 0 saturated carbocycles. The van der Waals surface area contributed by atoms with Gasteiger partial charge in [0.2, 0.25) is 0 Å². The van der Waals surface area contributed by atoms with Crippen molar-refractivity contribution in [1.82, 2.24) is 5.32 Å². The summed E-state index contributed by atoms with van der Waals surface area (Å²) in [5, 5.41) is 3.35. The molecule has 2 aromatic heterocycles. The highest BCUT2D eigenvalue weighted by molar-refractivity contribution is 6.30. The van der Waals surface area contributed by atoms with Crippen LogP contribution in [0.25, 0.3) is 11.3 Å². The SMILES string of the molecule is O=C(COc1ccc(Cl)cc1)NCc1ccc(-c2ccoc2)o1. The van der Waals surface area contributed by atoms with Crippen molar-refractivity contribution in [3.8, 4) is 17.1 Å². The van der Waals surface area contributed by atoms with Crippen LogP contribution >= 0.6 is 11.6 Å². The molecular formula is C17H14ClNO4. The van der Waals surface area contributed by atoms with Crippen LogP contribution in [0.2, 0.25) is 5.02 Å². The summed E-state index contributed by atoms with van der Waals surface area (Å²) in [6, 6.07) is 12.3. The summed E-state index contributed by atoms with van der Waals surface area (Å²) in [5.74, 6) is 1.70. The van der Waals surface area contributed by atoms with Gasteiger partial charge in [0, 0.05) is 5.02 Å². The van der Waals surface area contributed by atoms with Crippen LogP contribution in [0.3, 0.4) is 0 Å². The highest BCUT2D eigenvalue weighted by atomic mass is 35.5. The Morgan fingerprint density at radius 1 is 1.13 bits per heavy atom. The minimum Gasteiger partial charge on any atom is -0.484 e. The number of rotatable bonds is 6. The Hall–Kier alpha value is -2.66. The quantitative estimate of drug-likeness (QED) is 0.744. The fraction of sp³-hybridized carbons (Fsp3) is 0.118. The maximum Gasteiger partial charge on any atom is 0.258 e. The average Bonchev–Trinajstić information content (AvgIpc) is 3.23. The van der Waals surface area contributed by atoms with Gasteiger partial charge in [0.05, 0.1) is 18.4 Å². The number of furan rings is 2. The molecule has 3 rings (SSSR count). The second-order valence-corrected chi connectivity index (χ2v) is 5.23. The molecule has 118 valence electrons. The van der Waals surface area contributed by atoms with Crippen LogP contribution in [0.1, 0.15) is 5.76 Å². The summed E-state index contributed by atoms with van der Waals surface area (Å²) in [7, 11) is 0. The van der Waals surface area contributed by atoms with E-state index in [1.807, 2.05) is 12.1 Å². The third kappa shape index (κ3) is 4.17. The van der Waals surface area contributed by atoms with Crippen molar-refractivity contribution in [3.05, 3.63) is 65.8 Å². The lowest BCUT2D eigenvalue weighted by Crippen LogP contribution is -2.28. The van der Waals surface area contributed by atoms with Gasteiger partial charge in [0.15, 0.2) is 6.61 Å². The molecule has 0 saturated heterocycles. The van der Waals surface area contributed by atoms with Crippen molar-refractivity contribution in [1.29, 1.82) is 0 Å². The molecule has 0 aliphatic heterocycles. The van der Waals surface area contributed by atoms with Crippen molar-refractivity contribution >= 4 is 17.5 Å². The van der Waals surface area contributed by atoms with Gasteiger partial charge < -0.3 is 18.9 Å². The fourth-order valence-electron chi connectivity index (χ4n) is 1.95. The molecule has 3 aromatic rings. The van der Waals surface area contributed by atoms with Gasteiger partial charge in [0.25, 0.3) is 5.91 Å². The summed E-state index contributed by atoms with van der Waals surface area (Å²) in [4.78, 5) is 11.8. The van der Waals surface area contributed by atoms with E-state index in [0.29, 0.717) is 28.8 Å². The van der Waals surface area contributed by atoms with Gasteiger partial charge in [-0.2, -0.15) is 0 Å². The molecule has 0 fully saturated rings. The van der Waals surface area contributed by atoms with E-state index in [1.54, 1.807) is 42.9 Å². The average molecular weight is 332 g/mol. The van der Waals surface area contributed by atoms with Crippen molar-refractivity contribution in [2.24, 2.45) is 0 Å². The number of halogens is 1. The Balaban J connectivity index is 1.46. The lowest BCUT2D eigenvalue weighted by atomic mass is 10.3. The van der Waals surface area contributed by atoms with E-state index < -0.39 is 0 Å². The summed E-state index contributed by atoms with van der Waals surface area (Å²) in [6.07, 6.45) is 3.18. The minimum absolute atomic E-state index is 0.0725. The Bertz CT molecular complexity index is 762. The molecule has 5 nitrogen and oxygen atoms in total. The molecule has 0 bridgehead atoms. The van der Waals surface area contributed by atoms with Crippen LogP contribution in [0.4, 0.5) is 0 Å². The molecule has 0 aliphatic rings. The number of ether oxygens (including phenoxy) is 1. The minimum atomic E-state index is -0.235. The van der Waals surface area contributed by atoms with Crippen LogP contribution in [-0.2, 0) is 11.3 Å². The Labute approximate surface area is 137 Å². The van der Waals surface area contributed by atoms with Gasteiger partial charge in [-0.1, -0.05) is 11.6 Å². The van der Waals surface area contributed by atoms with Crippen LogP contribution in [-0.4, -0.2) is 12.5 Å². The summed E-state index contributed by atoms with van der Waals surface area (Å²) in [5.41, 5.74) is 0.855. The summed E-state index contributed by atoms with van der Waals surface area (Å²) >= 11 is 5.78. The van der Waals surface area contributed by atoms with Gasteiger partial charge in [-0.3, -0.25) is 4.79 Å². The summed E-state index contributed by atoms with van der Waals surface area (Å²) in [6.45, 7) is 0.220. The predicted molar refractivity (Wildman–Crippen MR) is 85.2 cm³/mol. The molecule has 0 atom stereocenters. The van der Waals surface area contributed by atoms with Crippen molar-refractivity contribution in [3.63, 3.8) is 0 Å². The van der Waals surface area contributed by atoms with E-state index in [1.165, 1.54) is 0 Å². The smallest absolute Gasteiger partial charge is 0.258 e. The number of carbonyl (C=O) groups is 1. The van der Waals surface area contributed by atoms with E-state index in [4.69, 9.17) is 25.2 Å². The summed E-state index contributed by atoms with van der Waals surface area (Å²) < 4.78 is 16.0. The standard InChI is InChI=1S/C17H14ClNO4/c18-13-1-3-14(4-2-13)22-11-17(20)19-9-15-5-6-16(23-15)12-7-8-21-10-12/h1-8,10H,9,11H2,(H,19,20). The molecule has 0 aliphatic carbocycles. The first kappa shape index (κ1) is 15.2. The highest BCUT2D eigenvalue weighted by Gasteiger charge is 2.08. The predicted octanol–water partition coefficient (Wildman–Crippen LogP) is 3.89. The van der Waals surface area contributed by atoms with Gasteiger partial charge in [-0.15, -0.1) is 0 Å². The molecule has 23 heavy (non-hydrogen) atoms. The highest BCUT2D eigenvalue weighted by Crippen LogP contribution is 2.22. The monoisotopic (exact) mass is 331 g/mol. The molecule has 0 unspecified atom stereocenters. The van der Waals surface area contributed by atoms with Crippen LogP contribution in [0.5, 0.6) is 5.75 Å². The van der Waals surface area contributed by atoms with E-state index in [2.05, 4.69) is 5.32 Å². The zero-order valence-electron chi connectivity index (χ0n) is 12.1. The third-order valence-corrected chi connectivity index (χ3v) is 3.36. The number of hydrogen-bond donors (Lipinski definition) is 1. The maximum atomic E-state index is 11.8. The Morgan fingerprint density at radius 2 is 1.96 bits per heavy atom. The fourth-order valence-corrected chi connectivity index (χ4v) is 2.08. The van der Waals surface area contributed by atoms with Gasteiger partial charge >= 0.3 is 0 Å². The number of amides is 1. The van der Waals surface area contributed by atoms with Crippen LogP contribution in [0.15, 0.2) is 63.8 Å². The lowest BCUT2D eigenvalue weighted by Gasteiger charge is -2.06. The largest absolute Gasteiger partial charge is 0.484 e. The van der Waals surface area contributed by atoms with Gasteiger partial charge in [-0.25, -0.2) is 0 Å². The number of hydrogen-bond acceptors (Lipinski definition) is 4. The van der Waals surface area contributed by atoms with Gasteiger partial charge in [0.1, 0.15) is 23.5 Å². The topological polar surface area (TPSA) is 64.6 Å². The van der Waals surface area contributed by atoms with E-state index in [0.717, 1.165) is 5.56 Å². The first-order valence-electron chi connectivity index (χ1n) is 6.97. The van der Waals surface area contributed by atoms with Crippen LogP contribution < -0.4 is 10.1 Å².